The number of pyridine rings is 1. The van der Waals surface area contributed by atoms with E-state index in [9.17, 15) is 23.3 Å². The van der Waals surface area contributed by atoms with Crippen molar-refractivity contribution in [1.82, 2.24) is 4.98 Å². The van der Waals surface area contributed by atoms with Gasteiger partial charge in [0.1, 0.15) is 0 Å². The normalized spacial score (nSPS) is 11.2. The Morgan fingerprint density at radius 3 is 2.50 bits per heavy atom. The van der Waals surface area contributed by atoms with Crippen LogP contribution in [0, 0.1) is 10.1 Å². The van der Waals surface area contributed by atoms with Gasteiger partial charge in [-0.05, 0) is 9.91 Å². The third-order valence-corrected chi connectivity index (χ3v) is 1.82. The summed E-state index contributed by atoms with van der Waals surface area (Å²) >= 11 is 0. The van der Waals surface area contributed by atoms with Crippen LogP contribution >= 0.6 is 0 Å². The zero-order chi connectivity index (χ0) is 13.9. The largest absolute Gasteiger partial charge is 0.573 e. The fourth-order valence-electron chi connectivity index (χ4n) is 1.16. The fourth-order valence-corrected chi connectivity index (χ4v) is 1.16. The number of aromatic nitrogens is 1. The van der Waals surface area contributed by atoms with Crippen LogP contribution in [0.1, 0.15) is 5.69 Å². The van der Waals surface area contributed by atoms with Crippen LogP contribution in [0.2, 0.25) is 0 Å². The summed E-state index contributed by atoms with van der Waals surface area (Å²) in [6, 6.07) is 0.723. The van der Waals surface area contributed by atoms with Crippen molar-refractivity contribution in [1.29, 1.82) is 0 Å². The Kier molecular flexibility index (Phi) is 3.91. The molecule has 0 aliphatic rings. The molecule has 1 rings (SSSR count). The molecule has 2 N–H and O–H groups in total. The number of methoxy groups -OCH3 is 1. The Labute approximate surface area is 98.5 Å². The van der Waals surface area contributed by atoms with Gasteiger partial charge in [-0.25, -0.2) is 0 Å². The molecule has 0 saturated heterocycles. The van der Waals surface area contributed by atoms with Crippen molar-refractivity contribution in [3.63, 3.8) is 0 Å². The second-order valence-electron chi connectivity index (χ2n) is 2.97. The molecule has 0 aliphatic heterocycles. The van der Waals surface area contributed by atoms with E-state index in [1.165, 1.54) is 7.11 Å². The first-order valence-electron chi connectivity index (χ1n) is 4.46. The summed E-state index contributed by atoms with van der Waals surface area (Å²) in [6.45, 7) is -0.226. The van der Waals surface area contributed by atoms with E-state index >= 15 is 0 Å². The summed E-state index contributed by atoms with van der Waals surface area (Å²) in [5.74, 6) is -2.25. The highest BCUT2D eigenvalue weighted by Crippen LogP contribution is 2.34. The van der Waals surface area contributed by atoms with Crippen LogP contribution in [-0.4, -0.2) is 23.4 Å². The third-order valence-electron chi connectivity index (χ3n) is 1.82. The van der Waals surface area contributed by atoms with Crippen LogP contribution in [0.5, 0.6) is 11.5 Å². The number of nitrogens with two attached hydrogens (primary N) is 1. The number of nitro groups is 1. The SMILES string of the molecule is COc1cc(OC(F)(F)F)c([N+](=O)[O-])nc1CN. The third kappa shape index (κ3) is 3.20. The number of nitrogens with zero attached hydrogens (tertiary/aromatic N) is 2. The highest BCUT2D eigenvalue weighted by atomic mass is 19.4. The molecule has 1 aromatic heterocycles. The van der Waals surface area contributed by atoms with Crippen LogP contribution in [-0.2, 0) is 6.54 Å². The second-order valence-corrected chi connectivity index (χ2v) is 2.97. The molecule has 0 unspecified atom stereocenters. The first kappa shape index (κ1) is 14.0. The van der Waals surface area contributed by atoms with Crippen molar-refractivity contribution >= 4 is 5.82 Å². The van der Waals surface area contributed by atoms with Crippen LogP contribution in [0.3, 0.4) is 0 Å². The Morgan fingerprint density at radius 1 is 1.50 bits per heavy atom. The van der Waals surface area contributed by atoms with E-state index in [2.05, 4.69) is 9.72 Å². The van der Waals surface area contributed by atoms with Crippen molar-refractivity contribution in [3.05, 3.63) is 21.9 Å². The standard InChI is InChI=1S/C8H8F3N3O4/c1-17-5-2-6(18-8(9,10)11)7(14(15)16)13-4(5)3-12/h2H,3,12H2,1H3. The smallest absolute Gasteiger partial charge is 0.492 e. The minimum absolute atomic E-state index is 0.0428. The predicted octanol–water partition coefficient (Wildman–Crippen LogP) is 1.36. The summed E-state index contributed by atoms with van der Waals surface area (Å²) in [6.07, 6.45) is -5.07. The topological polar surface area (TPSA) is 101 Å². The summed E-state index contributed by atoms with van der Waals surface area (Å²) in [5, 5.41) is 10.6. The van der Waals surface area contributed by atoms with Gasteiger partial charge in [0.25, 0.3) is 0 Å². The molecule has 1 heterocycles. The molecule has 1 aromatic rings. The molecule has 0 spiro atoms. The number of ether oxygens (including phenoxy) is 2. The van der Waals surface area contributed by atoms with E-state index in [1.54, 1.807) is 0 Å². The molecule has 0 fully saturated rings. The molecule has 0 amide bonds. The number of hydrogen-bond acceptors (Lipinski definition) is 6. The predicted molar refractivity (Wildman–Crippen MR) is 52.0 cm³/mol. The molecule has 0 aromatic carbocycles. The Hall–Kier alpha value is -2.10. The van der Waals surface area contributed by atoms with Crippen molar-refractivity contribution in [2.24, 2.45) is 5.73 Å². The molecule has 0 radical (unpaired) electrons. The lowest BCUT2D eigenvalue weighted by molar-refractivity contribution is -0.393. The first-order valence-corrected chi connectivity index (χ1v) is 4.46. The van der Waals surface area contributed by atoms with E-state index in [4.69, 9.17) is 10.5 Å². The van der Waals surface area contributed by atoms with Crippen LogP contribution in [0.25, 0.3) is 0 Å². The average molecular weight is 267 g/mol. The first-order chi connectivity index (χ1) is 8.28. The van der Waals surface area contributed by atoms with Crippen LogP contribution in [0.4, 0.5) is 19.0 Å². The van der Waals surface area contributed by atoms with Crippen LogP contribution in [0.15, 0.2) is 6.07 Å². The second kappa shape index (κ2) is 5.04. The number of rotatable bonds is 4. The number of hydrogen-bond donors (Lipinski definition) is 1. The van der Waals surface area contributed by atoms with Gasteiger partial charge in [-0.1, -0.05) is 0 Å². The minimum Gasteiger partial charge on any atom is -0.492 e. The van der Waals surface area contributed by atoms with Crippen molar-refractivity contribution in [2.45, 2.75) is 12.9 Å². The van der Waals surface area contributed by atoms with Gasteiger partial charge in [0, 0.05) is 6.07 Å². The quantitative estimate of drug-likeness (QED) is 0.652. The monoisotopic (exact) mass is 267 g/mol. The molecular formula is C8H8F3N3O4. The zero-order valence-corrected chi connectivity index (χ0v) is 9.02. The summed E-state index contributed by atoms with van der Waals surface area (Å²) in [5.41, 5.74) is 5.20. The van der Waals surface area contributed by atoms with Gasteiger partial charge in [-0.2, -0.15) is 0 Å². The van der Waals surface area contributed by atoms with E-state index in [0.717, 1.165) is 6.07 Å². The van der Waals surface area contributed by atoms with Crippen molar-refractivity contribution in [3.8, 4) is 11.5 Å². The van der Waals surface area contributed by atoms with Gasteiger partial charge in [0.05, 0.1) is 13.7 Å². The Morgan fingerprint density at radius 2 is 2.11 bits per heavy atom. The van der Waals surface area contributed by atoms with Gasteiger partial charge in [0.15, 0.2) is 5.75 Å². The maximum atomic E-state index is 12.1. The molecule has 100 valence electrons. The number of alkyl halides is 3. The summed E-state index contributed by atoms with van der Waals surface area (Å²) in [7, 11) is 1.17. The van der Waals surface area contributed by atoms with Gasteiger partial charge >= 0.3 is 12.2 Å². The summed E-state index contributed by atoms with van der Waals surface area (Å²) < 4.78 is 44.4. The Balaban J connectivity index is 3.33. The van der Waals surface area contributed by atoms with E-state index in [1.807, 2.05) is 0 Å². The summed E-state index contributed by atoms with van der Waals surface area (Å²) in [4.78, 5) is 12.9. The molecule has 18 heavy (non-hydrogen) atoms. The van der Waals surface area contributed by atoms with Gasteiger partial charge < -0.3 is 25.3 Å². The van der Waals surface area contributed by atoms with Crippen LogP contribution < -0.4 is 15.2 Å². The van der Waals surface area contributed by atoms with Gasteiger partial charge in [0.2, 0.25) is 11.4 Å². The lowest BCUT2D eigenvalue weighted by Gasteiger charge is -2.10. The lowest BCUT2D eigenvalue weighted by Crippen LogP contribution is -2.19. The molecule has 0 aliphatic carbocycles. The lowest BCUT2D eigenvalue weighted by atomic mass is 10.3. The minimum atomic E-state index is -5.07. The van der Waals surface area contributed by atoms with E-state index < -0.39 is 22.9 Å². The zero-order valence-electron chi connectivity index (χ0n) is 9.02. The van der Waals surface area contributed by atoms with E-state index in [0.29, 0.717) is 0 Å². The average Bonchev–Trinajstić information content (AvgIpc) is 2.25. The molecule has 0 atom stereocenters. The maximum absolute atomic E-state index is 12.1. The van der Waals surface area contributed by atoms with Crippen molar-refractivity contribution < 1.29 is 27.6 Å². The Bertz CT molecular complexity index is 464. The molecule has 0 saturated carbocycles. The van der Waals surface area contributed by atoms with E-state index in [-0.39, 0.29) is 18.0 Å². The maximum Gasteiger partial charge on any atom is 0.573 e. The highest BCUT2D eigenvalue weighted by Gasteiger charge is 2.36. The molecule has 10 heteroatoms. The fraction of sp³-hybridized carbons (Fsp3) is 0.375. The molecule has 7 nitrogen and oxygen atoms in total. The van der Waals surface area contributed by atoms with Gasteiger partial charge in [-0.3, -0.25) is 0 Å². The molecule has 0 bridgehead atoms. The van der Waals surface area contributed by atoms with Gasteiger partial charge in [-0.15, -0.1) is 13.2 Å². The highest BCUT2D eigenvalue weighted by molar-refractivity contribution is 5.47. The number of halogens is 3. The molecular weight excluding hydrogens is 259 g/mol. The van der Waals surface area contributed by atoms with Crippen molar-refractivity contribution in [2.75, 3.05) is 7.11 Å².